The van der Waals surface area contributed by atoms with Crippen molar-refractivity contribution in [1.82, 2.24) is 5.43 Å². The second-order valence-corrected chi connectivity index (χ2v) is 2.93. The third kappa shape index (κ3) is 4.30. The van der Waals surface area contributed by atoms with Gasteiger partial charge in [0.1, 0.15) is 0 Å². The zero-order valence-corrected chi connectivity index (χ0v) is 8.64. The standard InChI is InChI=1S/C9H17N3O/c1-5-6(2)7(3)8(4)11-12-9(10)13/h5H2,1-4H3,(H3,10,12,13)/b7-6+,11-8+. The van der Waals surface area contributed by atoms with Crippen LogP contribution in [-0.2, 0) is 0 Å². The lowest BCUT2D eigenvalue weighted by Crippen LogP contribution is -2.25. The van der Waals surface area contributed by atoms with Crippen LogP contribution in [0.4, 0.5) is 4.79 Å². The van der Waals surface area contributed by atoms with Gasteiger partial charge in [-0.2, -0.15) is 5.10 Å². The van der Waals surface area contributed by atoms with Crippen molar-refractivity contribution < 1.29 is 4.79 Å². The highest BCUT2D eigenvalue weighted by molar-refractivity contribution is 5.98. The number of carbonyl (C=O) groups excluding carboxylic acids is 1. The second kappa shape index (κ2) is 5.35. The Morgan fingerprint density at radius 2 is 1.92 bits per heavy atom. The highest BCUT2D eigenvalue weighted by Gasteiger charge is 1.99. The molecule has 0 aliphatic rings. The van der Waals surface area contributed by atoms with Gasteiger partial charge in [0.05, 0.1) is 5.71 Å². The molecule has 0 atom stereocenters. The Hall–Kier alpha value is -1.32. The number of hydrogen-bond donors (Lipinski definition) is 2. The summed E-state index contributed by atoms with van der Waals surface area (Å²) in [4.78, 5) is 10.4. The van der Waals surface area contributed by atoms with E-state index in [1.807, 2.05) is 20.8 Å². The van der Waals surface area contributed by atoms with Gasteiger partial charge in [0, 0.05) is 0 Å². The van der Waals surface area contributed by atoms with Gasteiger partial charge in [-0.15, -0.1) is 0 Å². The number of allylic oxidation sites excluding steroid dienone is 2. The Bertz CT molecular complexity index is 254. The Morgan fingerprint density at radius 1 is 1.38 bits per heavy atom. The predicted octanol–water partition coefficient (Wildman–Crippen LogP) is 1.78. The van der Waals surface area contributed by atoms with E-state index in [-0.39, 0.29) is 0 Å². The van der Waals surface area contributed by atoms with E-state index in [2.05, 4.69) is 17.5 Å². The van der Waals surface area contributed by atoms with E-state index in [4.69, 9.17) is 5.73 Å². The molecule has 0 unspecified atom stereocenters. The van der Waals surface area contributed by atoms with E-state index in [1.165, 1.54) is 5.57 Å². The van der Waals surface area contributed by atoms with Gasteiger partial charge in [-0.25, -0.2) is 10.2 Å². The molecule has 3 N–H and O–H groups in total. The smallest absolute Gasteiger partial charge is 0.332 e. The summed E-state index contributed by atoms with van der Waals surface area (Å²) in [5, 5.41) is 3.83. The molecule has 0 radical (unpaired) electrons. The van der Waals surface area contributed by atoms with E-state index in [0.29, 0.717) is 0 Å². The SMILES string of the molecule is CC/C(C)=C(C)/C(C)=N/NC(N)=O. The molecule has 4 heteroatoms. The molecular formula is C9H17N3O. The molecule has 0 spiro atoms. The fraction of sp³-hybridized carbons (Fsp3) is 0.556. The van der Waals surface area contributed by atoms with Gasteiger partial charge in [0.15, 0.2) is 0 Å². The topological polar surface area (TPSA) is 67.5 Å². The zero-order valence-electron chi connectivity index (χ0n) is 8.64. The van der Waals surface area contributed by atoms with Crippen LogP contribution in [0.3, 0.4) is 0 Å². The number of carbonyl (C=O) groups is 1. The average molecular weight is 183 g/mol. The van der Waals surface area contributed by atoms with Crippen molar-refractivity contribution in [1.29, 1.82) is 0 Å². The number of hydrogen-bond acceptors (Lipinski definition) is 2. The molecule has 0 aliphatic heterocycles. The Labute approximate surface area is 78.9 Å². The number of amides is 2. The maximum absolute atomic E-state index is 10.4. The first-order chi connectivity index (χ1) is 5.99. The van der Waals surface area contributed by atoms with Crippen molar-refractivity contribution in [3.05, 3.63) is 11.1 Å². The number of hydrazone groups is 1. The van der Waals surface area contributed by atoms with Gasteiger partial charge < -0.3 is 5.73 Å². The van der Waals surface area contributed by atoms with Crippen LogP contribution in [0, 0.1) is 0 Å². The van der Waals surface area contributed by atoms with Crippen LogP contribution in [0.15, 0.2) is 16.2 Å². The number of nitrogens with zero attached hydrogens (tertiary/aromatic N) is 1. The number of urea groups is 1. The fourth-order valence-electron chi connectivity index (χ4n) is 0.797. The molecule has 0 aromatic heterocycles. The minimum absolute atomic E-state index is 0.638. The van der Waals surface area contributed by atoms with Crippen LogP contribution < -0.4 is 11.2 Å². The van der Waals surface area contributed by atoms with Crippen molar-refractivity contribution >= 4 is 11.7 Å². The summed E-state index contributed by atoms with van der Waals surface area (Å²) in [6.45, 7) is 7.93. The second-order valence-electron chi connectivity index (χ2n) is 2.93. The fourth-order valence-corrected chi connectivity index (χ4v) is 0.797. The van der Waals surface area contributed by atoms with Crippen LogP contribution in [0.5, 0.6) is 0 Å². The molecule has 0 aromatic carbocycles. The lowest BCUT2D eigenvalue weighted by atomic mass is 10.1. The molecule has 0 aromatic rings. The first-order valence-electron chi connectivity index (χ1n) is 4.25. The van der Waals surface area contributed by atoms with Gasteiger partial charge in [-0.1, -0.05) is 12.5 Å². The average Bonchev–Trinajstić information content (AvgIpc) is 2.11. The normalized spacial score (nSPS) is 13.7. The molecule has 13 heavy (non-hydrogen) atoms. The van der Waals surface area contributed by atoms with Crippen molar-refractivity contribution in [3.8, 4) is 0 Å². The summed E-state index contributed by atoms with van der Waals surface area (Å²) in [6, 6.07) is -0.638. The number of nitrogens with one attached hydrogen (secondary N) is 1. The third-order valence-electron chi connectivity index (χ3n) is 2.05. The van der Waals surface area contributed by atoms with E-state index in [0.717, 1.165) is 17.7 Å². The maximum Gasteiger partial charge on any atom is 0.332 e. The molecular weight excluding hydrogens is 166 g/mol. The van der Waals surface area contributed by atoms with Gasteiger partial charge in [-0.3, -0.25) is 0 Å². The van der Waals surface area contributed by atoms with Gasteiger partial charge in [0.2, 0.25) is 0 Å². The van der Waals surface area contributed by atoms with E-state index in [9.17, 15) is 4.79 Å². The summed E-state index contributed by atoms with van der Waals surface area (Å²) in [6.07, 6.45) is 0.981. The number of nitrogens with two attached hydrogens (primary N) is 1. The molecule has 74 valence electrons. The minimum atomic E-state index is -0.638. The van der Waals surface area contributed by atoms with Crippen LogP contribution in [0.1, 0.15) is 34.1 Å². The quantitative estimate of drug-likeness (QED) is 0.508. The van der Waals surface area contributed by atoms with Crippen molar-refractivity contribution in [2.75, 3.05) is 0 Å². The maximum atomic E-state index is 10.4. The molecule has 0 saturated carbocycles. The highest BCUT2D eigenvalue weighted by Crippen LogP contribution is 2.08. The van der Waals surface area contributed by atoms with E-state index >= 15 is 0 Å². The first-order valence-corrected chi connectivity index (χ1v) is 4.25. The van der Waals surface area contributed by atoms with E-state index in [1.54, 1.807) is 0 Å². The van der Waals surface area contributed by atoms with Gasteiger partial charge >= 0.3 is 6.03 Å². The molecule has 0 bridgehead atoms. The Balaban J connectivity index is 4.50. The van der Waals surface area contributed by atoms with Crippen LogP contribution in [-0.4, -0.2) is 11.7 Å². The minimum Gasteiger partial charge on any atom is -0.350 e. The Kier molecular flexibility index (Phi) is 4.80. The zero-order chi connectivity index (χ0) is 10.4. The van der Waals surface area contributed by atoms with Gasteiger partial charge in [-0.05, 0) is 32.8 Å². The number of primary amides is 1. The van der Waals surface area contributed by atoms with Crippen molar-refractivity contribution in [2.45, 2.75) is 34.1 Å². The predicted molar refractivity (Wildman–Crippen MR) is 54.5 cm³/mol. The summed E-state index contributed by atoms with van der Waals surface area (Å²) in [5.41, 5.74) is 10.2. The highest BCUT2D eigenvalue weighted by atomic mass is 16.2. The summed E-state index contributed by atoms with van der Waals surface area (Å²) in [5.74, 6) is 0. The third-order valence-corrected chi connectivity index (χ3v) is 2.05. The lowest BCUT2D eigenvalue weighted by molar-refractivity contribution is 0.249. The largest absolute Gasteiger partial charge is 0.350 e. The summed E-state index contributed by atoms with van der Waals surface area (Å²) >= 11 is 0. The lowest BCUT2D eigenvalue weighted by Gasteiger charge is -2.04. The molecule has 4 nitrogen and oxygen atoms in total. The molecule has 0 fully saturated rings. The monoisotopic (exact) mass is 183 g/mol. The van der Waals surface area contributed by atoms with Gasteiger partial charge in [0.25, 0.3) is 0 Å². The van der Waals surface area contributed by atoms with Crippen LogP contribution >= 0.6 is 0 Å². The van der Waals surface area contributed by atoms with Crippen molar-refractivity contribution in [2.24, 2.45) is 10.8 Å². The molecule has 0 aliphatic carbocycles. The van der Waals surface area contributed by atoms with Crippen molar-refractivity contribution in [3.63, 3.8) is 0 Å². The molecule has 0 heterocycles. The molecule has 0 rings (SSSR count). The molecule has 0 saturated heterocycles. The number of rotatable bonds is 3. The van der Waals surface area contributed by atoms with E-state index < -0.39 is 6.03 Å². The molecule has 2 amide bonds. The summed E-state index contributed by atoms with van der Waals surface area (Å²) < 4.78 is 0. The first kappa shape index (κ1) is 11.7. The van der Waals surface area contributed by atoms with Crippen LogP contribution in [0.2, 0.25) is 0 Å². The Morgan fingerprint density at radius 3 is 2.31 bits per heavy atom. The van der Waals surface area contributed by atoms with Crippen LogP contribution in [0.25, 0.3) is 0 Å². The summed E-state index contributed by atoms with van der Waals surface area (Å²) in [7, 11) is 0.